The van der Waals surface area contributed by atoms with Gasteiger partial charge in [0, 0.05) is 21.9 Å². The summed E-state index contributed by atoms with van der Waals surface area (Å²) in [4.78, 5) is 11.8. The van der Waals surface area contributed by atoms with Crippen molar-refractivity contribution in [3.8, 4) is 0 Å². The molecule has 1 aromatic heterocycles. The molecule has 0 bridgehead atoms. The van der Waals surface area contributed by atoms with E-state index in [0.29, 0.717) is 16.3 Å². The average Bonchev–Trinajstić information content (AvgIpc) is 2.97. The van der Waals surface area contributed by atoms with Gasteiger partial charge < -0.3 is 10.3 Å². The first kappa shape index (κ1) is 17.1. The maximum absolute atomic E-state index is 14.6. The van der Waals surface area contributed by atoms with Crippen LogP contribution in [0.15, 0.2) is 42.5 Å². The van der Waals surface area contributed by atoms with E-state index < -0.39 is 29.2 Å². The van der Waals surface area contributed by atoms with Crippen LogP contribution in [0.4, 0.5) is 17.6 Å². The lowest BCUT2D eigenvalue weighted by Crippen LogP contribution is -2.11. The van der Waals surface area contributed by atoms with Crippen LogP contribution in [-0.4, -0.2) is 10.5 Å². The predicted molar refractivity (Wildman–Crippen MR) is 92.2 cm³/mol. The van der Waals surface area contributed by atoms with Crippen LogP contribution in [0.2, 0.25) is 0 Å². The minimum Gasteiger partial charge on any atom is -0.366 e. The Morgan fingerprint density at radius 1 is 1.00 bits per heavy atom. The quantitative estimate of drug-likeness (QED) is 0.424. The minimum atomic E-state index is -1.60. The van der Waals surface area contributed by atoms with Gasteiger partial charge in [0.1, 0.15) is 5.82 Å². The molecule has 135 valence electrons. The molecule has 0 unspecified atom stereocenters. The summed E-state index contributed by atoms with van der Waals surface area (Å²) in [6.07, 6.45) is 0. The van der Waals surface area contributed by atoms with Crippen molar-refractivity contribution in [2.24, 2.45) is 5.73 Å². The van der Waals surface area contributed by atoms with E-state index in [1.165, 1.54) is 22.8 Å². The van der Waals surface area contributed by atoms with E-state index in [1.54, 1.807) is 12.1 Å². The van der Waals surface area contributed by atoms with Gasteiger partial charge in [0.2, 0.25) is 5.91 Å². The molecule has 0 fully saturated rings. The second-order valence-corrected chi connectivity index (χ2v) is 6.03. The zero-order valence-electron chi connectivity index (χ0n) is 13.7. The number of carbonyl (C=O) groups excluding carboxylic acids is 1. The highest BCUT2D eigenvalue weighted by Gasteiger charge is 2.21. The van der Waals surface area contributed by atoms with Crippen LogP contribution in [0.25, 0.3) is 21.8 Å². The molecule has 1 radical (unpaired) electrons. The Hall–Kier alpha value is -3.35. The van der Waals surface area contributed by atoms with E-state index in [-0.39, 0.29) is 23.2 Å². The minimum absolute atomic E-state index is 0.0605. The van der Waals surface area contributed by atoms with Crippen molar-refractivity contribution in [1.82, 2.24) is 4.57 Å². The van der Waals surface area contributed by atoms with Crippen LogP contribution in [0, 0.1) is 29.3 Å². The van der Waals surface area contributed by atoms with Crippen LogP contribution >= 0.6 is 0 Å². The van der Waals surface area contributed by atoms with Crippen LogP contribution in [0.5, 0.6) is 0 Å². The Bertz CT molecular complexity index is 1230. The number of aromatic nitrogens is 1. The Labute approximate surface area is 150 Å². The van der Waals surface area contributed by atoms with Crippen molar-refractivity contribution in [2.75, 3.05) is 0 Å². The molecule has 4 aromatic rings. The average molecular weight is 371 g/mol. The summed E-state index contributed by atoms with van der Waals surface area (Å²) in [5.74, 6) is -5.60. The predicted octanol–water partition coefficient (Wildman–Crippen LogP) is 4.30. The first-order valence-corrected chi connectivity index (χ1v) is 7.93. The maximum atomic E-state index is 14.6. The number of carbonyl (C=O) groups is 1. The lowest BCUT2D eigenvalue weighted by atomic mass is 10.1. The highest BCUT2D eigenvalue weighted by Crippen LogP contribution is 2.33. The monoisotopic (exact) mass is 371 g/mol. The summed E-state index contributed by atoms with van der Waals surface area (Å²) in [5, 5.41) is 0.657. The smallest absolute Gasteiger partial charge is 0.249 e. The van der Waals surface area contributed by atoms with Gasteiger partial charge in [-0.25, -0.2) is 17.6 Å². The largest absolute Gasteiger partial charge is 0.366 e. The van der Waals surface area contributed by atoms with Gasteiger partial charge in [-0.3, -0.25) is 4.79 Å². The highest BCUT2D eigenvalue weighted by atomic mass is 19.2. The molecule has 1 heterocycles. The van der Waals surface area contributed by atoms with Gasteiger partial charge in [0.05, 0.1) is 17.6 Å². The number of benzene rings is 3. The number of hydrogen-bond acceptors (Lipinski definition) is 1. The summed E-state index contributed by atoms with van der Waals surface area (Å²) >= 11 is 0. The second kappa shape index (κ2) is 6.12. The molecule has 0 atom stereocenters. The van der Waals surface area contributed by atoms with Gasteiger partial charge in [-0.05, 0) is 30.3 Å². The zero-order valence-corrected chi connectivity index (χ0v) is 13.7. The third-order valence-electron chi connectivity index (χ3n) is 4.48. The Morgan fingerprint density at radius 2 is 1.78 bits per heavy atom. The molecule has 3 nitrogen and oxygen atoms in total. The summed E-state index contributed by atoms with van der Waals surface area (Å²) < 4.78 is 56.9. The molecule has 0 spiro atoms. The number of nitrogens with two attached hydrogens (primary N) is 1. The van der Waals surface area contributed by atoms with E-state index in [2.05, 4.69) is 6.07 Å². The van der Waals surface area contributed by atoms with Gasteiger partial charge in [-0.15, -0.1) is 0 Å². The summed E-state index contributed by atoms with van der Waals surface area (Å²) in [6, 6.07) is 11.9. The zero-order chi connectivity index (χ0) is 19.3. The maximum Gasteiger partial charge on any atom is 0.249 e. The van der Waals surface area contributed by atoms with Crippen molar-refractivity contribution < 1.29 is 22.4 Å². The Balaban J connectivity index is 2.07. The molecule has 7 heteroatoms. The molecule has 2 N–H and O–H groups in total. The number of rotatable bonds is 3. The number of primary amides is 1. The van der Waals surface area contributed by atoms with Gasteiger partial charge >= 0.3 is 0 Å². The normalized spacial score (nSPS) is 11.4. The van der Waals surface area contributed by atoms with Gasteiger partial charge in [-0.2, -0.15) is 0 Å². The van der Waals surface area contributed by atoms with E-state index >= 15 is 0 Å². The van der Waals surface area contributed by atoms with Crippen molar-refractivity contribution >= 4 is 27.7 Å². The second-order valence-electron chi connectivity index (χ2n) is 6.03. The van der Waals surface area contributed by atoms with Crippen molar-refractivity contribution in [2.45, 2.75) is 6.54 Å². The summed E-state index contributed by atoms with van der Waals surface area (Å²) in [6.45, 7) is -0.278. The number of amides is 1. The van der Waals surface area contributed by atoms with E-state index in [9.17, 15) is 22.4 Å². The topological polar surface area (TPSA) is 48.0 Å². The van der Waals surface area contributed by atoms with Crippen molar-refractivity contribution in [1.29, 1.82) is 0 Å². The molecular formula is C20H11F4N2O. The number of nitrogens with zero attached hydrogens (tertiary/aromatic N) is 1. The fraction of sp³-hybridized carbons (Fsp3) is 0.0500. The molecule has 0 aliphatic heterocycles. The van der Waals surface area contributed by atoms with E-state index in [1.807, 2.05) is 0 Å². The molecule has 3 aromatic carbocycles. The van der Waals surface area contributed by atoms with Crippen molar-refractivity contribution in [3.05, 3.63) is 82.9 Å². The van der Waals surface area contributed by atoms with Gasteiger partial charge in [0.15, 0.2) is 17.5 Å². The van der Waals surface area contributed by atoms with Crippen LogP contribution in [0.1, 0.15) is 15.9 Å². The fourth-order valence-corrected chi connectivity index (χ4v) is 3.30. The highest BCUT2D eigenvalue weighted by molar-refractivity contribution is 6.17. The lowest BCUT2D eigenvalue weighted by molar-refractivity contribution is 0.100. The fourth-order valence-electron chi connectivity index (χ4n) is 3.30. The molecule has 0 aliphatic carbocycles. The number of fused-ring (bicyclic) bond motifs is 3. The third kappa shape index (κ3) is 2.54. The summed E-state index contributed by atoms with van der Waals surface area (Å²) in [7, 11) is 0. The van der Waals surface area contributed by atoms with Crippen LogP contribution in [-0.2, 0) is 6.54 Å². The van der Waals surface area contributed by atoms with Crippen LogP contribution in [0.3, 0.4) is 0 Å². The molecule has 4 rings (SSSR count). The Morgan fingerprint density at radius 3 is 2.52 bits per heavy atom. The third-order valence-corrected chi connectivity index (χ3v) is 4.48. The Kier molecular flexibility index (Phi) is 3.87. The molecule has 27 heavy (non-hydrogen) atoms. The summed E-state index contributed by atoms with van der Waals surface area (Å²) in [5.41, 5.74) is 5.87. The van der Waals surface area contributed by atoms with Gasteiger partial charge in [0.25, 0.3) is 0 Å². The molecule has 0 saturated carbocycles. The van der Waals surface area contributed by atoms with E-state index in [4.69, 9.17) is 5.73 Å². The standard InChI is InChI=1S/C20H11F4N2O/c21-13-8-7-10(17(23)18(13)24)9-26-15-6-2-4-12(20(25)27)16(15)11-3-1-5-14(22)19(11)26/h1-2,4-8H,9H2,(H2,25,27). The number of halogens is 4. The van der Waals surface area contributed by atoms with E-state index in [0.717, 1.165) is 12.1 Å². The van der Waals surface area contributed by atoms with Crippen molar-refractivity contribution in [3.63, 3.8) is 0 Å². The van der Waals surface area contributed by atoms with Crippen LogP contribution < -0.4 is 5.73 Å². The number of hydrogen-bond donors (Lipinski definition) is 1. The lowest BCUT2D eigenvalue weighted by Gasteiger charge is -2.10. The molecular weight excluding hydrogens is 360 g/mol. The van der Waals surface area contributed by atoms with Gasteiger partial charge in [-0.1, -0.05) is 18.2 Å². The first-order chi connectivity index (χ1) is 12.9. The molecule has 0 aliphatic rings. The molecule has 1 amide bonds. The molecule has 0 saturated heterocycles. The SMILES string of the molecule is NC(=O)c1cccc2c1c1[c]ccc(F)c1n2Cc1ccc(F)c(F)c1F. The first-order valence-electron chi connectivity index (χ1n) is 7.93.